The molecule has 2 heterocycles. The van der Waals surface area contributed by atoms with E-state index in [4.69, 9.17) is 10.3 Å². The smallest absolute Gasteiger partial charge is 0.226 e. The molecule has 0 bridgehead atoms. The average Bonchev–Trinajstić information content (AvgIpc) is 2.75. The van der Waals surface area contributed by atoms with Crippen molar-refractivity contribution in [2.24, 2.45) is 5.73 Å². The van der Waals surface area contributed by atoms with Gasteiger partial charge in [0.15, 0.2) is 5.82 Å². The summed E-state index contributed by atoms with van der Waals surface area (Å²) in [5.74, 6) is 1.36. The van der Waals surface area contributed by atoms with Crippen LogP contribution in [0.5, 0.6) is 0 Å². The van der Waals surface area contributed by atoms with Crippen LogP contribution in [-0.2, 0) is 12.0 Å². The maximum absolute atomic E-state index is 6.34. The van der Waals surface area contributed by atoms with Gasteiger partial charge in [-0.2, -0.15) is 4.98 Å². The number of nitrogens with two attached hydrogens (primary N) is 1. The second kappa shape index (κ2) is 4.14. The third-order valence-corrected chi connectivity index (χ3v) is 3.32. The molecule has 0 radical (unpaired) electrons. The van der Waals surface area contributed by atoms with Crippen molar-refractivity contribution in [1.29, 1.82) is 0 Å². The number of nitrogens with zero attached hydrogens (tertiary/aromatic N) is 3. The number of aryl methyl sites for hydroxylation is 1. The van der Waals surface area contributed by atoms with Crippen molar-refractivity contribution in [2.75, 3.05) is 13.6 Å². The Labute approximate surface area is 96.0 Å². The minimum atomic E-state index is -0.441. The number of likely N-dealkylation sites (N-methyl/N-ethyl adjacent to an activating group) is 1. The molecule has 2 rings (SSSR count). The van der Waals surface area contributed by atoms with Gasteiger partial charge in [-0.25, -0.2) is 0 Å². The number of likely N-dealkylation sites (tertiary alicyclic amines) is 1. The highest BCUT2D eigenvalue weighted by Crippen LogP contribution is 2.30. The summed E-state index contributed by atoms with van der Waals surface area (Å²) in [5, 5.41) is 4.02. The van der Waals surface area contributed by atoms with Crippen molar-refractivity contribution in [3.05, 3.63) is 11.7 Å². The van der Waals surface area contributed by atoms with Gasteiger partial charge in [0.1, 0.15) is 0 Å². The third-order valence-electron chi connectivity index (χ3n) is 3.32. The van der Waals surface area contributed by atoms with Crippen molar-refractivity contribution in [3.63, 3.8) is 0 Å². The van der Waals surface area contributed by atoms with Crippen LogP contribution in [0.1, 0.15) is 38.4 Å². The Balaban J connectivity index is 2.17. The maximum Gasteiger partial charge on any atom is 0.226 e. The summed E-state index contributed by atoms with van der Waals surface area (Å²) >= 11 is 0. The summed E-state index contributed by atoms with van der Waals surface area (Å²) in [4.78, 5) is 6.63. The van der Waals surface area contributed by atoms with E-state index in [2.05, 4.69) is 35.9 Å². The lowest BCUT2D eigenvalue weighted by Gasteiger charge is -2.18. The van der Waals surface area contributed by atoms with Gasteiger partial charge in [-0.05, 0) is 26.8 Å². The first-order chi connectivity index (χ1) is 7.55. The highest BCUT2D eigenvalue weighted by Gasteiger charge is 2.42. The van der Waals surface area contributed by atoms with Gasteiger partial charge in [0.2, 0.25) is 5.89 Å². The lowest BCUT2D eigenvalue weighted by Crippen LogP contribution is -2.40. The lowest BCUT2D eigenvalue weighted by atomic mass is 9.97. The zero-order chi connectivity index (χ0) is 11.8. The normalized spacial score (nSPS) is 31.1. The molecule has 1 aromatic heterocycles. The summed E-state index contributed by atoms with van der Waals surface area (Å²) in [5.41, 5.74) is 5.90. The van der Waals surface area contributed by atoms with Crippen molar-refractivity contribution < 1.29 is 4.52 Å². The standard InChI is InChI=1S/C11H20N4O/c1-4-5-9-13-10(14-16-9)11(12)6-8(2)15(3)7-11/h8H,4-7,12H2,1-3H3. The molecule has 0 saturated carbocycles. The van der Waals surface area contributed by atoms with Gasteiger partial charge in [0, 0.05) is 19.0 Å². The van der Waals surface area contributed by atoms with Crippen molar-refractivity contribution in [3.8, 4) is 0 Å². The molecule has 1 aliphatic heterocycles. The van der Waals surface area contributed by atoms with Crippen molar-refractivity contribution in [2.45, 2.75) is 44.7 Å². The van der Waals surface area contributed by atoms with Crippen LogP contribution in [0, 0.1) is 0 Å². The molecule has 0 aromatic carbocycles. The fourth-order valence-electron chi connectivity index (χ4n) is 2.28. The molecule has 2 atom stereocenters. The number of hydrogen-bond acceptors (Lipinski definition) is 5. The van der Waals surface area contributed by atoms with Crippen molar-refractivity contribution >= 4 is 0 Å². The van der Waals surface area contributed by atoms with Gasteiger partial charge < -0.3 is 15.2 Å². The molecule has 1 fully saturated rings. The monoisotopic (exact) mass is 224 g/mol. The predicted molar refractivity (Wildman–Crippen MR) is 60.9 cm³/mol. The minimum Gasteiger partial charge on any atom is -0.339 e. The van der Waals surface area contributed by atoms with Gasteiger partial charge in [0.05, 0.1) is 5.54 Å². The topological polar surface area (TPSA) is 68.2 Å². The molecule has 1 saturated heterocycles. The van der Waals surface area contributed by atoms with Crippen LogP contribution in [-0.4, -0.2) is 34.7 Å². The SMILES string of the molecule is CCCc1nc(C2(N)CC(C)N(C)C2)no1. The molecular weight excluding hydrogens is 204 g/mol. The van der Waals surface area contributed by atoms with E-state index in [1.807, 2.05) is 0 Å². The fourth-order valence-corrected chi connectivity index (χ4v) is 2.28. The molecule has 0 aliphatic carbocycles. The van der Waals surface area contributed by atoms with E-state index in [9.17, 15) is 0 Å². The Morgan fingerprint density at radius 3 is 2.94 bits per heavy atom. The summed E-state index contributed by atoms with van der Waals surface area (Å²) in [6.45, 7) is 5.05. The molecule has 90 valence electrons. The molecular formula is C11H20N4O. The molecule has 16 heavy (non-hydrogen) atoms. The van der Waals surface area contributed by atoms with Crippen LogP contribution in [0.15, 0.2) is 4.52 Å². The predicted octanol–water partition coefficient (Wildman–Crippen LogP) is 0.900. The number of aromatic nitrogens is 2. The zero-order valence-corrected chi connectivity index (χ0v) is 10.2. The molecule has 5 nitrogen and oxygen atoms in total. The van der Waals surface area contributed by atoms with Crippen LogP contribution >= 0.6 is 0 Å². The summed E-state index contributed by atoms with van der Waals surface area (Å²) < 4.78 is 5.19. The van der Waals surface area contributed by atoms with Crippen LogP contribution < -0.4 is 5.73 Å². The summed E-state index contributed by atoms with van der Waals surface area (Å²) in [6, 6.07) is 0.470. The van der Waals surface area contributed by atoms with Crippen LogP contribution in [0.4, 0.5) is 0 Å². The Bertz CT molecular complexity index is 353. The minimum absolute atomic E-state index is 0.441. The molecule has 2 unspecified atom stereocenters. The molecule has 2 N–H and O–H groups in total. The summed E-state index contributed by atoms with van der Waals surface area (Å²) in [7, 11) is 2.08. The molecule has 5 heteroatoms. The average molecular weight is 224 g/mol. The quantitative estimate of drug-likeness (QED) is 0.826. The molecule has 1 aromatic rings. The lowest BCUT2D eigenvalue weighted by molar-refractivity contribution is 0.312. The van der Waals surface area contributed by atoms with E-state index in [0.29, 0.717) is 17.8 Å². The van der Waals surface area contributed by atoms with Crippen LogP contribution in [0.3, 0.4) is 0 Å². The van der Waals surface area contributed by atoms with Gasteiger partial charge in [-0.3, -0.25) is 0 Å². The van der Waals surface area contributed by atoms with Gasteiger partial charge in [-0.1, -0.05) is 12.1 Å². The Hall–Kier alpha value is -0.940. The first-order valence-electron chi connectivity index (χ1n) is 5.87. The molecule has 0 spiro atoms. The Morgan fingerprint density at radius 2 is 2.38 bits per heavy atom. The fraction of sp³-hybridized carbons (Fsp3) is 0.818. The summed E-state index contributed by atoms with van der Waals surface area (Å²) in [6.07, 6.45) is 2.72. The highest BCUT2D eigenvalue weighted by atomic mass is 16.5. The van der Waals surface area contributed by atoms with Gasteiger partial charge in [0.25, 0.3) is 0 Å². The van der Waals surface area contributed by atoms with Crippen molar-refractivity contribution in [1.82, 2.24) is 15.0 Å². The molecule has 0 amide bonds. The maximum atomic E-state index is 6.34. The highest BCUT2D eigenvalue weighted by molar-refractivity contribution is 5.10. The second-order valence-corrected chi connectivity index (χ2v) is 4.89. The first kappa shape index (κ1) is 11.5. The van der Waals surface area contributed by atoms with Crippen LogP contribution in [0.25, 0.3) is 0 Å². The van der Waals surface area contributed by atoms with E-state index in [1.54, 1.807) is 0 Å². The van der Waals surface area contributed by atoms with E-state index in [0.717, 1.165) is 25.8 Å². The zero-order valence-electron chi connectivity index (χ0n) is 10.2. The third kappa shape index (κ3) is 1.97. The van der Waals surface area contributed by atoms with E-state index in [-0.39, 0.29) is 0 Å². The first-order valence-corrected chi connectivity index (χ1v) is 5.87. The largest absolute Gasteiger partial charge is 0.339 e. The Morgan fingerprint density at radius 1 is 1.62 bits per heavy atom. The number of rotatable bonds is 3. The van der Waals surface area contributed by atoms with E-state index in [1.165, 1.54) is 0 Å². The Kier molecular flexibility index (Phi) is 2.99. The van der Waals surface area contributed by atoms with Gasteiger partial charge >= 0.3 is 0 Å². The second-order valence-electron chi connectivity index (χ2n) is 4.89. The number of hydrogen-bond donors (Lipinski definition) is 1. The van der Waals surface area contributed by atoms with Crippen LogP contribution in [0.2, 0.25) is 0 Å². The van der Waals surface area contributed by atoms with E-state index < -0.39 is 5.54 Å². The molecule has 1 aliphatic rings. The van der Waals surface area contributed by atoms with E-state index >= 15 is 0 Å². The van der Waals surface area contributed by atoms with Gasteiger partial charge in [-0.15, -0.1) is 0 Å².